The maximum Gasteiger partial charge on any atom is 0.315 e. The van der Waals surface area contributed by atoms with Gasteiger partial charge >= 0.3 is 12.0 Å². The second-order valence-corrected chi connectivity index (χ2v) is 11.0. The van der Waals surface area contributed by atoms with Crippen molar-refractivity contribution in [1.82, 2.24) is 16.0 Å². The van der Waals surface area contributed by atoms with Crippen LogP contribution in [-0.2, 0) is 42.9 Å². The monoisotopic (exact) mass is 587 g/mol. The van der Waals surface area contributed by atoms with Crippen molar-refractivity contribution in [1.29, 1.82) is 0 Å². The standard InChI is InChI=1S/C26H41N3O10S/c30-19-5-6-20(31)25(19)39-23(33)7-9-35-11-13-37-15-16-38-14-12-36-10-8-27-22(32)4-2-1-3-21-24-18(17-40-21)28-26(34)29-24/h18,21,24-25H,1-17H2,(H,27,32)(H2,28,29,34). The molecule has 2 aliphatic heterocycles. The summed E-state index contributed by atoms with van der Waals surface area (Å²) in [6, 6.07) is 0.375. The Morgan fingerprint density at radius 2 is 1.43 bits per heavy atom. The lowest BCUT2D eigenvalue weighted by atomic mass is 10.0. The van der Waals surface area contributed by atoms with E-state index >= 15 is 0 Å². The number of amides is 3. The Labute approximate surface area is 238 Å². The van der Waals surface area contributed by atoms with Crippen molar-refractivity contribution in [2.75, 3.05) is 65.2 Å². The number of rotatable bonds is 21. The molecule has 3 unspecified atom stereocenters. The Morgan fingerprint density at radius 3 is 2.10 bits per heavy atom. The fourth-order valence-corrected chi connectivity index (χ4v) is 6.10. The summed E-state index contributed by atoms with van der Waals surface area (Å²) in [7, 11) is 0. The molecule has 0 bridgehead atoms. The van der Waals surface area contributed by atoms with E-state index in [1.54, 1.807) is 0 Å². The first-order chi connectivity index (χ1) is 19.4. The maximum atomic E-state index is 12.0. The molecular weight excluding hydrogens is 546 g/mol. The Balaban J connectivity index is 1.00. The molecule has 2 heterocycles. The number of hydrogen-bond acceptors (Lipinski definition) is 11. The van der Waals surface area contributed by atoms with Crippen molar-refractivity contribution in [3.8, 4) is 0 Å². The van der Waals surface area contributed by atoms with Crippen LogP contribution < -0.4 is 16.0 Å². The van der Waals surface area contributed by atoms with Crippen molar-refractivity contribution < 1.29 is 47.7 Å². The molecule has 3 atom stereocenters. The van der Waals surface area contributed by atoms with Crippen LogP contribution >= 0.6 is 11.8 Å². The average molecular weight is 588 g/mol. The molecule has 3 N–H and O–H groups in total. The van der Waals surface area contributed by atoms with Crippen LogP contribution in [-0.4, -0.2) is 118 Å². The number of urea groups is 1. The van der Waals surface area contributed by atoms with Gasteiger partial charge in [-0.2, -0.15) is 11.8 Å². The molecule has 1 saturated carbocycles. The van der Waals surface area contributed by atoms with E-state index in [9.17, 15) is 24.0 Å². The van der Waals surface area contributed by atoms with Crippen LogP contribution in [0.2, 0.25) is 0 Å². The van der Waals surface area contributed by atoms with E-state index < -0.39 is 12.1 Å². The molecule has 226 valence electrons. The van der Waals surface area contributed by atoms with Gasteiger partial charge in [-0.3, -0.25) is 19.2 Å². The summed E-state index contributed by atoms with van der Waals surface area (Å²) in [6.07, 6.45) is 2.26. The molecule has 3 amide bonds. The fraction of sp³-hybridized carbons (Fsp3) is 0.808. The molecular formula is C26H41N3O10S. The Hall–Kier alpha value is -2.26. The van der Waals surface area contributed by atoms with Crippen molar-refractivity contribution in [3.05, 3.63) is 0 Å². The Bertz CT molecular complexity index is 845. The van der Waals surface area contributed by atoms with E-state index in [-0.39, 0.29) is 61.5 Å². The summed E-state index contributed by atoms with van der Waals surface area (Å²) in [4.78, 5) is 58.0. The lowest BCUT2D eigenvalue weighted by Gasteiger charge is -2.16. The van der Waals surface area contributed by atoms with Gasteiger partial charge in [-0.05, 0) is 12.8 Å². The smallest absolute Gasteiger partial charge is 0.315 e. The first kappa shape index (κ1) is 32.3. The second kappa shape index (κ2) is 18.2. The Morgan fingerprint density at radius 1 is 0.800 bits per heavy atom. The molecule has 0 spiro atoms. The first-order valence-electron chi connectivity index (χ1n) is 13.9. The maximum absolute atomic E-state index is 12.0. The third-order valence-corrected chi connectivity index (χ3v) is 8.18. The topological polar surface area (TPSA) is 168 Å². The number of thioether (sulfide) groups is 1. The quantitative estimate of drug-likeness (QED) is 0.0723. The van der Waals surface area contributed by atoms with Crippen LogP contribution in [0.5, 0.6) is 0 Å². The van der Waals surface area contributed by atoms with Gasteiger partial charge in [0.1, 0.15) is 0 Å². The summed E-state index contributed by atoms with van der Waals surface area (Å²) < 4.78 is 26.4. The lowest BCUT2D eigenvalue weighted by Crippen LogP contribution is -2.36. The van der Waals surface area contributed by atoms with Crippen molar-refractivity contribution >= 4 is 41.2 Å². The van der Waals surface area contributed by atoms with Gasteiger partial charge in [-0.25, -0.2) is 4.79 Å². The molecule has 3 fully saturated rings. The summed E-state index contributed by atoms with van der Waals surface area (Å²) in [5.74, 6) is -0.354. The molecule has 3 rings (SSSR count). The zero-order valence-corrected chi connectivity index (χ0v) is 23.6. The molecule has 0 aromatic heterocycles. The third kappa shape index (κ3) is 11.7. The minimum atomic E-state index is -1.24. The number of carbonyl (C=O) groups excluding carboxylic acids is 5. The zero-order valence-electron chi connectivity index (χ0n) is 22.8. The molecule has 0 aromatic carbocycles. The van der Waals surface area contributed by atoms with Crippen molar-refractivity contribution in [2.24, 2.45) is 0 Å². The number of ketones is 2. The molecule has 0 aromatic rings. The summed E-state index contributed by atoms with van der Waals surface area (Å²) in [5, 5.41) is 9.20. The third-order valence-electron chi connectivity index (χ3n) is 6.67. The number of esters is 1. The van der Waals surface area contributed by atoms with E-state index in [0.29, 0.717) is 64.5 Å². The van der Waals surface area contributed by atoms with Crippen molar-refractivity contribution in [2.45, 2.75) is 68.4 Å². The second-order valence-electron chi connectivity index (χ2n) is 9.72. The first-order valence-corrected chi connectivity index (χ1v) is 15.0. The highest BCUT2D eigenvalue weighted by Gasteiger charge is 2.42. The predicted octanol–water partition coefficient (Wildman–Crippen LogP) is 0.129. The van der Waals surface area contributed by atoms with E-state index in [0.717, 1.165) is 25.0 Å². The van der Waals surface area contributed by atoms with Gasteiger partial charge in [0.15, 0.2) is 11.6 Å². The number of nitrogens with one attached hydrogen (secondary N) is 3. The largest absolute Gasteiger partial charge is 0.446 e. The van der Waals surface area contributed by atoms with Crippen molar-refractivity contribution in [3.63, 3.8) is 0 Å². The zero-order chi connectivity index (χ0) is 28.6. The average Bonchev–Trinajstić information content (AvgIpc) is 3.58. The fourth-order valence-electron chi connectivity index (χ4n) is 4.55. The summed E-state index contributed by atoms with van der Waals surface area (Å²) in [5.41, 5.74) is 0. The SMILES string of the molecule is O=C(CCCCC1SCC2NC(=O)NC21)NCCOCCOCCOCCOCCC(=O)OC1C(=O)CCC1=O. The normalized spacial score (nSPS) is 22.3. The highest BCUT2D eigenvalue weighted by Crippen LogP contribution is 2.33. The summed E-state index contributed by atoms with van der Waals surface area (Å²) in [6.45, 7) is 3.24. The molecule has 14 heteroatoms. The van der Waals surface area contributed by atoms with Crippen LogP contribution in [0, 0.1) is 0 Å². The number of Topliss-reactive ketones (excluding diaryl/α,β-unsaturated/α-hetero) is 2. The molecule has 0 radical (unpaired) electrons. The predicted molar refractivity (Wildman–Crippen MR) is 144 cm³/mol. The minimum absolute atomic E-state index is 0.0192. The number of fused-ring (bicyclic) bond motifs is 1. The molecule has 2 saturated heterocycles. The van der Waals surface area contributed by atoms with Gasteiger partial charge in [0.05, 0.1) is 71.4 Å². The van der Waals surface area contributed by atoms with Gasteiger partial charge in [0.2, 0.25) is 12.0 Å². The van der Waals surface area contributed by atoms with E-state index in [2.05, 4.69) is 16.0 Å². The molecule has 1 aliphatic carbocycles. The van der Waals surface area contributed by atoms with Gasteiger partial charge in [-0.1, -0.05) is 6.42 Å². The molecule has 13 nitrogen and oxygen atoms in total. The van der Waals surface area contributed by atoms with Gasteiger partial charge < -0.3 is 39.6 Å². The van der Waals surface area contributed by atoms with Crippen LogP contribution in [0.15, 0.2) is 0 Å². The number of carbonyl (C=O) groups is 5. The highest BCUT2D eigenvalue weighted by atomic mass is 32.2. The van der Waals surface area contributed by atoms with Crippen LogP contribution in [0.4, 0.5) is 4.79 Å². The Kier molecular flexibility index (Phi) is 14.7. The lowest BCUT2D eigenvalue weighted by molar-refractivity contribution is -0.158. The molecule has 3 aliphatic rings. The highest BCUT2D eigenvalue weighted by molar-refractivity contribution is 8.00. The van der Waals surface area contributed by atoms with Gasteiger partial charge in [-0.15, -0.1) is 0 Å². The van der Waals surface area contributed by atoms with E-state index in [4.69, 9.17) is 23.7 Å². The van der Waals surface area contributed by atoms with Crippen LogP contribution in [0.3, 0.4) is 0 Å². The van der Waals surface area contributed by atoms with Crippen LogP contribution in [0.1, 0.15) is 44.9 Å². The number of unbranched alkanes of at least 4 members (excludes halogenated alkanes) is 1. The number of ether oxygens (including phenoxy) is 5. The number of hydrogen-bond donors (Lipinski definition) is 3. The van der Waals surface area contributed by atoms with E-state index in [1.165, 1.54) is 0 Å². The van der Waals surface area contributed by atoms with Gasteiger partial charge in [0, 0.05) is 36.8 Å². The van der Waals surface area contributed by atoms with E-state index in [1.807, 2.05) is 11.8 Å². The molecule has 40 heavy (non-hydrogen) atoms. The summed E-state index contributed by atoms with van der Waals surface area (Å²) >= 11 is 1.89. The van der Waals surface area contributed by atoms with Gasteiger partial charge in [0.25, 0.3) is 0 Å². The van der Waals surface area contributed by atoms with Crippen LogP contribution in [0.25, 0.3) is 0 Å². The minimum Gasteiger partial charge on any atom is -0.446 e.